The smallest absolute Gasteiger partial charge is 0.323 e. The molecular formula is C13H29N6O3PS. The van der Waals surface area contributed by atoms with Gasteiger partial charge in [0.15, 0.2) is 13.5 Å². The molecule has 140 valence electrons. The van der Waals surface area contributed by atoms with Gasteiger partial charge in [-0.25, -0.2) is 0 Å². The number of esters is 1. The number of aliphatic imine (C=N–C) groups is 1. The van der Waals surface area contributed by atoms with Crippen molar-refractivity contribution in [2.45, 2.75) is 39.8 Å². The molecule has 0 aromatic rings. The number of rotatable bonds is 10. The third kappa shape index (κ3) is 10.6. The van der Waals surface area contributed by atoms with E-state index in [1.807, 2.05) is 20.8 Å². The number of hydrogen-bond acceptors (Lipinski definition) is 6. The first kappa shape index (κ1) is 22.9. The van der Waals surface area contributed by atoms with E-state index < -0.39 is 13.5 Å². The van der Waals surface area contributed by atoms with Crippen LogP contribution in [0.2, 0.25) is 0 Å². The predicted octanol–water partition coefficient (Wildman–Crippen LogP) is 1.05. The molecule has 0 rings (SSSR count). The van der Waals surface area contributed by atoms with E-state index in [2.05, 4.69) is 10.1 Å². The van der Waals surface area contributed by atoms with E-state index in [0.717, 1.165) is 0 Å². The van der Waals surface area contributed by atoms with Crippen LogP contribution in [0.25, 0.3) is 0 Å². The lowest BCUT2D eigenvalue weighted by atomic mass is 10.4. The van der Waals surface area contributed by atoms with Crippen molar-refractivity contribution in [1.29, 1.82) is 5.41 Å². The van der Waals surface area contributed by atoms with Gasteiger partial charge in [-0.1, -0.05) is 11.4 Å². The number of hydrogen-bond donors (Lipinski definition) is 4. The fraction of sp³-hybridized carbons (Fsp3) is 0.769. The van der Waals surface area contributed by atoms with Gasteiger partial charge >= 0.3 is 5.97 Å². The van der Waals surface area contributed by atoms with E-state index in [-0.39, 0.29) is 24.0 Å². The number of guanidine groups is 2. The molecule has 0 aromatic carbocycles. The lowest BCUT2D eigenvalue weighted by molar-refractivity contribution is -0.148. The van der Waals surface area contributed by atoms with Crippen LogP contribution in [0, 0.1) is 5.41 Å². The lowest BCUT2D eigenvalue weighted by Gasteiger charge is -2.23. The molecule has 11 heteroatoms. The van der Waals surface area contributed by atoms with E-state index in [4.69, 9.17) is 26.1 Å². The van der Waals surface area contributed by atoms with E-state index in [1.54, 1.807) is 30.3 Å². The first-order valence-electron chi connectivity index (χ1n) is 7.59. The van der Waals surface area contributed by atoms with Gasteiger partial charge in [-0.2, -0.15) is 4.99 Å². The van der Waals surface area contributed by atoms with Gasteiger partial charge in [0.1, 0.15) is 6.04 Å². The van der Waals surface area contributed by atoms with E-state index >= 15 is 0 Å². The van der Waals surface area contributed by atoms with Crippen LogP contribution >= 0.6 is 18.9 Å². The van der Waals surface area contributed by atoms with Crippen LogP contribution in [0.15, 0.2) is 4.99 Å². The first-order chi connectivity index (χ1) is 11.2. The fourth-order valence-corrected chi connectivity index (χ4v) is 4.74. The molecule has 0 saturated carbocycles. The first-order valence-corrected chi connectivity index (χ1v) is 10.4. The molecule has 1 unspecified atom stereocenters. The van der Waals surface area contributed by atoms with Gasteiger partial charge in [-0.05, 0) is 27.7 Å². The van der Waals surface area contributed by atoms with Crippen LogP contribution < -0.4 is 16.6 Å². The van der Waals surface area contributed by atoms with Crippen LogP contribution in [0.3, 0.4) is 0 Å². The maximum atomic E-state index is 11.9. The van der Waals surface area contributed by atoms with E-state index in [1.165, 1.54) is 0 Å². The summed E-state index contributed by atoms with van der Waals surface area (Å²) in [6.07, 6.45) is -0.148. The minimum atomic E-state index is -1.03. The van der Waals surface area contributed by atoms with Gasteiger partial charge < -0.3 is 25.6 Å². The topological polar surface area (TPSA) is 139 Å². The van der Waals surface area contributed by atoms with Crippen LogP contribution in [0.5, 0.6) is 0 Å². The summed E-state index contributed by atoms with van der Waals surface area (Å²) in [5.74, 6) is 0.260. The molecule has 0 heterocycles. The number of nitrogens with zero attached hydrogens (tertiary/aromatic N) is 2. The van der Waals surface area contributed by atoms with Crippen LogP contribution in [0.1, 0.15) is 27.7 Å². The summed E-state index contributed by atoms with van der Waals surface area (Å²) in [5, 5.41) is 10.2. The molecule has 24 heavy (non-hydrogen) atoms. The summed E-state index contributed by atoms with van der Waals surface area (Å²) in [7, 11) is 0.732. The average Bonchev–Trinajstić information content (AvgIpc) is 2.45. The van der Waals surface area contributed by atoms with Crippen LogP contribution in [-0.4, -0.2) is 60.9 Å². The highest BCUT2D eigenvalue weighted by atomic mass is 32.7. The Morgan fingerprint density at radius 2 is 2.04 bits per heavy atom. The van der Waals surface area contributed by atoms with Gasteiger partial charge in [0, 0.05) is 19.3 Å². The monoisotopic (exact) mass is 380 g/mol. The highest BCUT2D eigenvalue weighted by Crippen LogP contribution is 2.47. The molecule has 9 nitrogen and oxygen atoms in total. The average molecular weight is 380 g/mol. The zero-order valence-electron chi connectivity index (χ0n) is 14.9. The quantitative estimate of drug-likeness (QED) is 0.191. The Morgan fingerprint density at radius 1 is 1.42 bits per heavy atom. The molecule has 6 N–H and O–H groups in total. The fourth-order valence-electron chi connectivity index (χ4n) is 1.36. The summed E-state index contributed by atoms with van der Waals surface area (Å²) in [6, 6.07) is -0.445. The summed E-state index contributed by atoms with van der Waals surface area (Å²) in [4.78, 5) is 17.2. The molecule has 0 aliphatic heterocycles. The molecule has 0 saturated heterocycles. The normalized spacial score (nSPS) is 14.3. The van der Waals surface area contributed by atoms with Crippen molar-refractivity contribution in [1.82, 2.24) is 9.99 Å². The molecule has 0 radical (unpaired) electrons. The largest absolute Gasteiger partial charge is 0.462 e. The van der Waals surface area contributed by atoms with Crippen LogP contribution in [-0.2, 0) is 14.1 Å². The molecule has 0 aliphatic rings. The van der Waals surface area contributed by atoms with Crippen molar-refractivity contribution in [3.05, 3.63) is 0 Å². The van der Waals surface area contributed by atoms with Gasteiger partial charge in [-0.15, -0.1) is 0 Å². The SMILES string of the molecule is CCOP(N[C@@H](C)C(=O)OC(C)C)SCCN(C)/C(N)=N/C(=N)N. The number of carbonyl (C=O) groups is 1. The number of ether oxygens (including phenoxy) is 1. The van der Waals surface area contributed by atoms with Crippen molar-refractivity contribution in [3.8, 4) is 0 Å². The third-order valence-electron chi connectivity index (χ3n) is 2.51. The third-order valence-corrected chi connectivity index (χ3v) is 6.09. The molecule has 2 atom stereocenters. The Morgan fingerprint density at radius 3 is 2.54 bits per heavy atom. The Kier molecular flexibility index (Phi) is 11.7. The molecular weight excluding hydrogens is 351 g/mol. The summed E-state index contributed by atoms with van der Waals surface area (Å²) < 4.78 is 10.8. The number of nitrogens with one attached hydrogen (secondary N) is 2. The maximum Gasteiger partial charge on any atom is 0.323 e. The Bertz CT molecular complexity index is 438. The molecule has 0 aromatic heterocycles. The summed E-state index contributed by atoms with van der Waals surface area (Å²) in [5.41, 5.74) is 10.9. The van der Waals surface area contributed by atoms with Crippen molar-refractivity contribution in [2.75, 3.05) is 26.0 Å². The zero-order valence-corrected chi connectivity index (χ0v) is 16.6. The second-order valence-electron chi connectivity index (χ2n) is 5.12. The Hall–Kier alpha value is -1.09. The molecule has 0 bridgehead atoms. The van der Waals surface area contributed by atoms with Gasteiger partial charge in [-0.3, -0.25) is 15.3 Å². The lowest BCUT2D eigenvalue weighted by Crippen LogP contribution is -2.37. The highest BCUT2D eigenvalue weighted by Gasteiger charge is 2.21. The number of nitrogens with two attached hydrogens (primary N) is 2. The zero-order chi connectivity index (χ0) is 18.7. The van der Waals surface area contributed by atoms with E-state index in [9.17, 15) is 4.79 Å². The molecule has 0 aliphatic carbocycles. The summed E-state index contributed by atoms with van der Waals surface area (Å²) >= 11 is 1.56. The number of carbonyl (C=O) groups excluding carboxylic acids is 1. The van der Waals surface area contributed by atoms with Crippen molar-refractivity contribution in [2.24, 2.45) is 16.5 Å². The van der Waals surface area contributed by atoms with Crippen molar-refractivity contribution >= 4 is 36.8 Å². The minimum absolute atomic E-state index is 0.148. The second kappa shape index (κ2) is 12.3. The summed E-state index contributed by atoms with van der Waals surface area (Å²) in [6.45, 7) is 8.43. The second-order valence-corrected chi connectivity index (χ2v) is 8.59. The van der Waals surface area contributed by atoms with Gasteiger partial charge in [0.05, 0.1) is 12.7 Å². The highest BCUT2D eigenvalue weighted by molar-refractivity contribution is 8.53. The standard InChI is InChI=1S/C13H29N6O3PS/c1-6-21-23(18-10(4)11(20)22-9(2)3)24-8-7-19(5)13(16)17-12(14)15/h9-10,18H,6-8H2,1-5H3,(H5,14,15,16,17)/t10-,23?/m0/s1. The molecule has 0 fully saturated rings. The van der Waals surface area contributed by atoms with Crippen molar-refractivity contribution < 1.29 is 14.1 Å². The Labute approximate surface area is 149 Å². The van der Waals surface area contributed by atoms with Gasteiger partial charge in [0.2, 0.25) is 5.96 Å². The molecule has 0 amide bonds. The van der Waals surface area contributed by atoms with E-state index in [0.29, 0.717) is 18.9 Å². The van der Waals surface area contributed by atoms with Crippen LogP contribution in [0.4, 0.5) is 0 Å². The maximum absolute atomic E-state index is 11.9. The minimum Gasteiger partial charge on any atom is -0.462 e. The van der Waals surface area contributed by atoms with Gasteiger partial charge in [0.25, 0.3) is 0 Å². The Balaban J connectivity index is 4.39. The predicted molar refractivity (Wildman–Crippen MR) is 101 cm³/mol. The van der Waals surface area contributed by atoms with Crippen molar-refractivity contribution in [3.63, 3.8) is 0 Å². The molecule has 0 spiro atoms.